The van der Waals surface area contributed by atoms with Gasteiger partial charge in [-0.25, -0.2) is 9.67 Å². The molecule has 2 N–H and O–H groups in total. The number of nitrogens with two attached hydrogens (primary N) is 1. The summed E-state index contributed by atoms with van der Waals surface area (Å²) in [6.07, 6.45) is 2.33. The topological polar surface area (TPSA) is 66.0 Å². The van der Waals surface area contributed by atoms with Crippen molar-refractivity contribution in [3.8, 4) is 5.75 Å². The van der Waals surface area contributed by atoms with Crippen LogP contribution >= 0.6 is 15.9 Å². The Hall–Kier alpha value is -1.40. The van der Waals surface area contributed by atoms with Gasteiger partial charge in [0, 0.05) is 6.54 Å². The third-order valence-electron chi connectivity index (χ3n) is 2.80. The number of aryl methyl sites for hydroxylation is 1. The van der Waals surface area contributed by atoms with Gasteiger partial charge < -0.3 is 10.5 Å². The van der Waals surface area contributed by atoms with Gasteiger partial charge in [0.25, 0.3) is 0 Å². The van der Waals surface area contributed by atoms with Crippen molar-refractivity contribution in [1.29, 1.82) is 0 Å². The van der Waals surface area contributed by atoms with Crippen molar-refractivity contribution in [2.45, 2.75) is 26.5 Å². The van der Waals surface area contributed by atoms with Gasteiger partial charge in [-0.2, -0.15) is 5.10 Å². The van der Waals surface area contributed by atoms with Crippen molar-refractivity contribution in [2.75, 3.05) is 6.54 Å². The highest BCUT2D eigenvalue weighted by Crippen LogP contribution is 2.29. The first-order chi connectivity index (χ1) is 9.26. The summed E-state index contributed by atoms with van der Waals surface area (Å²) in [6, 6.07) is 5.97. The van der Waals surface area contributed by atoms with E-state index in [4.69, 9.17) is 10.5 Å². The molecule has 0 aliphatic heterocycles. The van der Waals surface area contributed by atoms with E-state index >= 15 is 0 Å². The number of para-hydroxylation sites is 1. The van der Waals surface area contributed by atoms with Crippen LogP contribution in [0.1, 0.15) is 18.3 Å². The summed E-state index contributed by atoms with van der Waals surface area (Å²) < 4.78 is 8.63. The van der Waals surface area contributed by atoms with Crippen LogP contribution in [0.3, 0.4) is 0 Å². The maximum absolute atomic E-state index is 5.88. The summed E-state index contributed by atoms with van der Waals surface area (Å²) in [4.78, 5) is 4.19. The SMILES string of the molecule is CCn1ncnc1COc1c(Br)cccc1CCN. The molecule has 2 aromatic rings. The maximum atomic E-state index is 5.88. The molecule has 6 heteroatoms. The van der Waals surface area contributed by atoms with E-state index in [1.807, 2.05) is 29.8 Å². The molecule has 0 saturated carbocycles. The zero-order chi connectivity index (χ0) is 13.7. The van der Waals surface area contributed by atoms with Crippen molar-refractivity contribution in [2.24, 2.45) is 5.73 Å². The minimum Gasteiger partial charge on any atom is -0.484 e. The zero-order valence-corrected chi connectivity index (χ0v) is 12.4. The standard InChI is InChI=1S/C13H17BrN4O/c1-2-18-12(16-9-17-18)8-19-13-10(6-7-15)4-3-5-11(13)14/h3-5,9H,2,6-8,15H2,1H3. The molecule has 0 bridgehead atoms. The molecule has 0 amide bonds. The van der Waals surface area contributed by atoms with Crippen molar-refractivity contribution < 1.29 is 4.74 Å². The monoisotopic (exact) mass is 324 g/mol. The van der Waals surface area contributed by atoms with E-state index in [9.17, 15) is 0 Å². The number of benzene rings is 1. The Morgan fingerprint density at radius 1 is 1.42 bits per heavy atom. The van der Waals surface area contributed by atoms with Gasteiger partial charge in [0.1, 0.15) is 18.7 Å². The Morgan fingerprint density at radius 3 is 3.00 bits per heavy atom. The van der Waals surface area contributed by atoms with Crippen LogP contribution in [0.15, 0.2) is 29.0 Å². The Kier molecular flexibility index (Phi) is 4.93. The molecule has 0 radical (unpaired) electrons. The summed E-state index contributed by atoms with van der Waals surface area (Å²) in [7, 11) is 0. The molecule has 2 rings (SSSR count). The molecule has 5 nitrogen and oxygen atoms in total. The van der Waals surface area contributed by atoms with Gasteiger partial charge in [-0.05, 0) is 47.4 Å². The maximum Gasteiger partial charge on any atom is 0.164 e. The van der Waals surface area contributed by atoms with Crippen LogP contribution in [0.2, 0.25) is 0 Å². The highest BCUT2D eigenvalue weighted by molar-refractivity contribution is 9.10. The minimum atomic E-state index is 0.397. The van der Waals surface area contributed by atoms with Gasteiger partial charge in [0.2, 0.25) is 0 Å². The molecule has 102 valence electrons. The van der Waals surface area contributed by atoms with Gasteiger partial charge in [-0.15, -0.1) is 0 Å². The van der Waals surface area contributed by atoms with Gasteiger partial charge in [0.15, 0.2) is 5.82 Å². The van der Waals surface area contributed by atoms with Crippen LogP contribution in [0.4, 0.5) is 0 Å². The Labute approximate surface area is 120 Å². The highest BCUT2D eigenvalue weighted by atomic mass is 79.9. The molecule has 1 aromatic heterocycles. The predicted molar refractivity (Wildman–Crippen MR) is 76.9 cm³/mol. The number of aromatic nitrogens is 3. The Bertz CT molecular complexity index is 541. The Balaban J connectivity index is 2.15. The lowest BCUT2D eigenvalue weighted by atomic mass is 10.1. The third-order valence-corrected chi connectivity index (χ3v) is 3.43. The molecule has 1 heterocycles. The second-order valence-electron chi connectivity index (χ2n) is 4.05. The molecular formula is C13H17BrN4O. The van der Waals surface area contributed by atoms with Crippen molar-refractivity contribution in [3.63, 3.8) is 0 Å². The molecule has 0 spiro atoms. The lowest BCUT2D eigenvalue weighted by Crippen LogP contribution is -2.09. The fourth-order valence-corrected chi connectivity index (χ4v) is 2.39. The molecule has 0 fully saturated rings. The fourth-order valence-electron chi connectivity index (χ4n) is 1.87. The second-order valence-corrected chi connectivity index (χ2v) is 4.90. The molecule has 0 aliphatic rings. The van der Waals surface area contributed by atoms with Gasteiger partial charge in [-0.1, -0.05) is 12.1 Å². The lowest BCUT2D eigenvalue weighted by molar-refractivity contribution is 0.282. The summed E-state index contributed by atoms with van der Waals surface area (Å²) in [5.74, 6) is 1.65. The number of hydrogen-bond acceptors (Lipinski definition) is 4. The van der Waals surface area contributed by atoms with E-state index in [0.717, 1.165) is 34.6 Å². The smallest absolute Gasteiger partial charge is 0.164 e. The van der Waals surface area contributed by atoms with E-state index in [1.165, 1.54) is 0 Å². The summed E-state index contributed by atoms with van der Waals surface area (Å²) in [5.41, 5.74) is 6.72. The van der Waals surface area contributed by atoms with Gasteiger partial charge in [-0.3, -0.25) is 0 Å². The van der Waals surface area contributed by atoms with Crippen LogP contribution in [-0.4, -0.2) is 21.3 Å². The fraction of sp³-hybridized carbons (Fsp3) is 0.385. The average molecular weight is 325 g/mol. The van der Waals surface area contributed by atoms with Crippen LogP contribution in [-0.2, 0) is 19.6 Å². The third kappa shape index (κ3) is 3.33. The molecular weight excluding hydrogens is 308 g/mol. The highest BCUT2D eigenvalue weighted by Gasteiger charge is 2.10. The van der Waals surface area contributed by atoms with Crippen LogP contribution in [0.5, 0.6) is 5.75 Å². The largest absolute Gasteiger partial charge is 0.484 e. The molecule has 1 aromatic carbocycles. The molecule has 0 saturated heterocycles. The number of nitrogens with zero attached hydrogens (tertiary/aromatic N) is 3. The molecule has 19 heavy (non-hydrogen) atoms. The lowest BCUT2D eigenvalue weighted by Gasteiger charge is -2.12. The van der Waals surface area contributed by atoms with Crippen molar-refractivity contribution in [3.05, 3.63) is 40.4 Å². The zero-order valence-electron chi connectivity index (χ0n) is 10.8. The quantitative estimate of drug-likeness (QED) is 0.884. The van der Waals surface area contributed by atoms with E-state index < -0.39 is 0 Å². The first-order valence-corrected chi connectivity index (χ1v) is 7.02. The number of rotatable bonds is 6. The van der Waals surface area contributed by atoms with E-state index in [2.05, 4.69) is 26.0 Å². The molecule has 0 aliphatic carbocycles. The number of hydrogen-bond donors (Lipinski definition) is 1. The average Bonchev–Trinajstić information content (AvgIpc) is 2.86. The van der Waals surface area contributed by atoms with E-state index in [0.29, 0.717) is 13.2 Å². The van der Waals surface area contributed by atoms with Gasteiger partial charge in [0.05, 0.1) is 4.47 Å². The summed E-state index contributed by atoms with van der Waals surface area (Å²) in [6.45, 7) is 3.80. The van der Waals surface area contributed by atoms with E-state index in [1.54, 1.807) is 6.33 Å². The number of ether oxygens (including phenoxy) is 1. The first-order valence-electron chi connectivity index (χ1n) is 6.23. The Morgan fingerprint density at radius 2 is 2.26 bits per heavy atom. The van der Waals surface area contributed by atoms with Crippen molar-refractivity contribution in [1.82, 2.24) is 14.8 Å². The number of halogens is 1. The van der Waals surface area contributed by atoms with Crippen LogP contribution < -0.4 is 10.5 Å². The van der Waals surface area contributed by atoms with Gasteiger partial charge >= 0.3 is 0 Å². The minimum absolute atomic E-state index is 0.397. The van der Waals surface area contributed by atoms with E-state index in [-0.39, 0.29) is 0 Å². The summed E-state index contributed by atoms with van der Waals surface area (Å²) >= 11 is 3.51. The molecule has 0 atom stereocenters. The first kappa shape index (κ1) is 14.0. The van der Waals surface area contributed by atoms with Crippen molar-refractivity contribution >= 4 is 15.9 Å². The predicted octanol–water partition coefficient (Wildman–Crippen LogP) is 2.14. The second kappa shape index (κ2) is 6.68. The van der Waals surface area contributed by atoms with Crippen LogP contribution in [0, 0.1) is 0 Å². The summed E-state index contributed by atoms with van der Waals surface area (Å²) in [5, 5.41) is 4.12. The van der Waals surface area contributed by atoms with Crippen LogP contribution in [0.25, 0.3) is 0 Å². The molecule has 0 unspecified atom stereocenters. The normalized spacial score (nSPS) is 10.7.